The maximum atomic E-state index is 12.2. The lowest BCUT2D eigenvalue weighted by atomic mass is 10.2. The molecule has 2 rings (SSSR count). The Morgan fingerprint density at radius 2 is 1.95 bits per heavy atom. The molecule has 1 heterocycles. The molecule has 4 N–H and O–H groups in total. The van der Waals surface area contributed by atoms with Crippen LogP contribution in [0.4, 0.5) is 5.82 Å². The average Bonchev–Trinajstić information content (AvgIpc) is 2.46. The van der Waals surface area contributed by atoms with Crippen molar-refractivity contribution in [2.45, 2.75) is 11.4 Å². The quantitative estimate of drug-likeness (QED) is 0.558. The summed E-state index contributed by atoms with van der Waals surface area (Å²) < 4.78 is 27.8. The van der Waals surface area contributed by atoms with Gasteiger partial charge in [-0.05, 0) is 23.8 Å². The first-order valence-corrected chi connectivity index (χ1v) is 7.97. The fourth-order valence-corrected chi connectivity index (χ4v) is 3.16. The van der Waals surface area contributed by atoms with E-state index in [1.807, 2.05) is 24.3 Å². The maximum absolute atomic E-state index is 12.2. The van der Waals surface area contributed by atoms with Gasteiger partial charge >= 0.3 is 0 Å². The van der Waals surface area contributed by atoms with E-state index < -0.39 is 10.0 Å². The van der Waals surface area contributed by atoms with E-state index in [0.717, 1.165) is 10.0 Å². The zero-order valence-electron chi connectivity index (χ0n) is 10.4. The SMILES string of the molecule is NNc1ncccc1S(=O)(=O)NCc1ccccc1Br. The van der Waals surface area contributed by atoms with Gasteiger partial charge in [-0.2, -0.15) is 0 Å². The maximum Gasteiger partial charge on any atom is 0.244 e. The fraction of sp³-hybridized carbons (Fsp3) is 0.0833. The Morgan fingerprint density at radius 1 is 1.20 bits per heavy atom. The number of hydrogen-bond donors (Lipinski definition) is 3. The van der Waals surface area contributed by atoms with Crippen LogP contribution in [0.2, 0.25) is 0 Å². The summed E-state index contributed by atoms with van der Waals surface area (Å²) in [5.74, 6) is 5.37. The number of aromatic nitrogens is 1. The number of hydrogen-bond acceptors (Lipinski definition) is 5. The molecule has 2 aromatic rings. The van der Waals surface area contributed by atoms with Crippen LogP contribution in [0.3, 0.4) is 0 Å². The van der Waals surface area contributed by atoms with Crippen molar-refractivity contribution in [2.24, 2.45) is 5.84 Å². The summed E-state index contributed by atoms with van der Waals surface area (Å²) in [5, 5.41) is 0. The third-order valence-electron chi connectivity index (χ3n) is 2.61. The molecular formula is C12H13BrN4O2S. The minimum absolute atomic E-state index is 0.00885. The molecule has 0 atom stereocenters. The first-order chi connectivity index (χ1) is 9.54. The molecule has 0 spiro atoms. The largest absolute Gasteiger partial charge is 0.307 e. The fourth-order valence-electron chi connectivity index (χ4n) is 1.61. The van der Waals surface area contributed by atoms with Crippen molar-refractivity contribution in [1.29, 1.82) is 0 Å². The Bertz CT molecular complexity index is 706. The predicted octanol–water partition coefficient (Wildman–Crippen LogP) is 1.61. The molecule has 0 radical (unpaired) electrons. The number of halogens is 1. The molecule has 0 aliphatic heterocycles. The first kappa shape index (κ1) is 14.9. The molecule has 6 nitrogen and oxygen atoms in total. The Morgan fingerprint density at radius 3 is 2.65 bits per heavy atom. The van der Waals surface area contributed by atoms with Crippen molar-refractivity contribution >= 4 is 31.8 Å². The van der Waals surface area contributed by atoms with Crippen molar-refractivity contribution in [3.8, 4) is 0 Å². The number of nitrogens with two attached hydrogens (primary N) is 1. The van der Waals surface area contributed by atoms with Crippen molar-refractivity contribution in [1.82, 2.24) is 9.71 Å². The topological polar surface area (TPSA) is 97.1 Å². The number of pyridine rings is 1. The van der Waals surface area contributed by atoms with Crippen LogP contribution in [-0.4, -0.2) is 13.4 Å². The zero-order valence-corrected chi connectivity index (χ0v) is 12.8. The smallest absolute Gasteiger partial charge is 0.244 e. The molecule has 0 fully saturated rings. The van der Waals surface area contributed by atoms with Gasteiger partial charge in [-0.15, -0.1) is 0 Å². The molecule has 106 valence electrons. The van der Waals surface area contributed by atoms with Crippen LogP contribution in [0.1, 0.15) is 5.56 Å². The highest BCUT2D eigenvalue weighted by molar-refractivity contribution is 9.10. The molecule has 0 bridgehead atoms. The van der Waals surface area contributed by atoms with Crippen LogP contribution in [0.5, 0.6) is 0 Å². The summed E-state index contributed by atoms with van der Waals surface area (Å²) in [5.41, 5.74) is 3.11. The summed E-state index contributed by atoms with van der Waals surface area (Å²) in [7, 11) is -3.69. The number of nitrogens with zero attached hydrogens (tertiary/aromatic N) is 1. The molecule has 0 saturated carbocycles. The Labute approximate surface area is 125 Å². The predicted molar refractivity (Wildman–Crippen MR) is 80.2 cm³/mol. The lowest BCUT2D eigenvalue weighted by molar-refractivity contribution is 0.581. The normalized spacial score (nSPS) is 11.3. The van der Waals surface area contributed by atoms with Crippen molar-refractivity contribution in [3.63, 3.8) is 0 Å². The number of sulfonamides is 1. The van der Waals surface area contributed by atoms with Gasteiger partial charge in [0.2, 0.25) is 10.0 Å². The number of nitrogen functional groups attached to an aromatic ring is 1. The van der Waals surface area contributed by atoms with Crippen LogP contribution >= 0.6 is 15.9 Å². The van der Waals surface area contributed by atoms with Gasteiger partial charge in [-0.3, -0.25) is 0 Å². The molecule has 0 saturated heterocycles. The molecule has 0 aliphatic rings. The summed E-state index contributed by atoms with van der Waals surface area (Å²) in [4.78, 5) is 3.88. The van der Waals surface area contributed by atoms with Gasteiger partial charge in [0.05, 0.1) is 0 Å². The van der Waals surface area contributed by atoms with Gasteiger partial charge < -0.3 is 5.43 Å². The molecule has 1 aromatic heterocycles. The van der Waals surface area contributed by atoms with Crippen molar-refractivity contribution in [3.05, 3.63) is 52.6 Å². The number of rotatable bonds is 5. The monoisotopic (exact) mass is 356 g/mol. The average molecular weight is 357 g/mol. The molecule has 8 heteroatoms. The highest BCUT2D eigenvalue weighted by atomic mass is 79.9. The Kier molecular flexibility index (Phi) is 4.71. The highest BCUT2D eigenvalue weighted by Crippen LogP contribution is 2.19. The van der Waals surface area contributed by atoms with Crippen molar-refractivity contribution in [2.75, 3.05) is 5.43 Å². The minimum Gasteiger partial charge on any atom is -0.307 e. The molecule has 0 aliphatic carbocycles. The molecule has 0 amide bonds. The number of anilines is 1. The van der Waals surface area contributed by atoms with E-state index in [1.54, 1.807) is 0 Å². The summed E-state index contributed by atoms with van der Waals surface area (Å²) in [6.45, 7) is 0.169. The highest BCUT2D eigenvalue weighted by Gasteiger charge is 2.18. The minimum atomic E-state index is -3.69. The Balaban J connectivity index is 2.22. The summed E-state index contributed by atoms with van der Waals surface area (Å²) in [6.07, 6.45) is 1.46. The summed E-state index contributed by atoms with van der Waals surface area (Å²) in [6, 6.07) is 10.3. The van der Waals surface area contributed by atoms with Crippen molar-refractivity contribution < 1.29 is 8.42 Å². The van der Waals surface area contributed by atoms with E-state index >= 15 is 0 Å². The van der Waals surface area contributed by atoms with E-state index in [-0.39, 0.29) is 17.3 Å². The van der Waals surface area contributed by atoms with E-state index in [4.69, 9.17) is 5.84 Å². The van der Waals surface area contributed by atoms with E-state index in [2.05, 4.69) is 31.1 Å². The van der Waals surface area contributed by atoms with E-state index in [0.29, 0.717) is 0 Å². The van der Waals surface area contributed by atoms with Gasteiger partial charge in [0.15, 0.2) is 5.82 Å². The first-order valence-electron chi connectivity index (χ1n) is 5.69. The molecular weight excluding hydrogens is 344 g/mol. The zero-order chi connectivity index (χ0) is 14.6. The van der Waals surface area contributed by atoms with Gasteiger partial charge in [-0.25, -0.2) is 24.0 Å². The van der Waals surface area contributed by atoms with Gasteiger partial charge in [0.1, 0.15) is 4.90 Å². The third kappa shape index (κ3) is 3.34. The molecule has 0 unspecified atom stereocenters. The lowest BCUT2D eigenvalue weighted by Crippen LogP contribution is -2.25. The van der Waals surface area contributed by atoms with Crippen LogP contribution in [-0.2, 0) is 16.6 Å². The second-order valence-electron chi connectivity index (χ2n) is 3.91. The molecule has 20 heavy (non-hydrogen) atoms. The number of nitrogens with one attached hydrogen (secondary N) is 2. The van der Waals surface area contributed by atoms with Crippen LogP contribution in [0, 0.1) is 0 Å². The number of benzene rings is 1. The molecule has 1 aromatic carbocycles. The van der Waals surface area contributed by atoms with E-state index in [9.17, 15) is 8.42 Å². The summed E-state index contributed by atoms with van der Waals surface area (Å²) >= 11 is 3.37. The van der Waals surface area contributed by atoms with Gasteiger partial charge in [0.25, 0.3) is 0 Å². The Hall–Kier alpha value is -1.48. The van der Waals surface area contributed by atoms with Gasteiger partial charge in [-0.1, -0.05) is 34.1 Å². The number of hydrazine groups is 1. The third-order valence-corrected chi connectivity index (χ3v) is 4.81. The van der Waals surface area contributed by atoms with Crippen LogP contribution in [0.25, 0.3) is 0 Å². The second-order valence-corrected chi connectivity index (χ2v) is 6.50. The standard InChI is InChI=1S/C12H13BrN4O2S/c13-10-5-2-1-4-9(10)8-16-20(18,19)11-6-3-7-15-12(11)17-14/h1-7,16H,8,14H2,(H,15,17). The van der Waals surface area contributed by atoms with Crippen LogP contribution < -0.4 is 16.0 Å². The van der Waals surface area contributed by atoms with Gasteiger partial charge in [0, 0.05) is 17.2 Å². The van der Waals surface area contributed by atoms with E-state index in [1.165, 1.54) is 18.3 Å². The van der Waals surface area contributed by atoms with Crippen LogP contribution in [0.15, 0.2) is 52.0 Å². The second kappa shape index (κ2) is 6.31. The lowest BCUT2D eigenvalue weighted by Gasteiger charge is -2.10.